The highest BCUT2D eigenvalue weighted by Gasteiger charge is 2.44. The molecule has 3 heteroatoms. The van der Waals surface area contributed by atoms with Gasteiger partial charge in [-0.1, -0.05) is 65.3 Å². The van der Waals surface area contributed by atoms with Gasteiger partial charge in [0, 0.05) is 16.7 Å². The lowest BCUT2D eigenvalue weighted by Crippen LogP contribution is -2.35. The number of carbonyl (C=O) groups excluding carboxylic acids is 1. The predicted octanol–water partition coefficient (Wildman–Crippen LogP) is 5.24. The van der Waals surface area contributed by atoms with Crippen molar-refractivity contribution < 1.29 is 4.79 Å². The standard InChI is InChI=1S/C17H29NOS/c1-16(2,3)20-15(19)18-12-17(4,5)13-10-8-6-7-9-11-14(13)18/h10,14H,6-9,11-12H2,1-5H3/b13-10-. The topological polar surface area (TPSA) is 20.3 Å². The maximum absolute atomic E-state index is 12.7. The molecule has 0 spiro atoms. The molecule has 0 N–H and O–H groups in total. The number of likely N-dealkylation sites (tertiary alicyclic amines) is 1. The molecule has 0 bridgehead atoms. The monoisotopic (exact) mass is 295 g/mol. The molecule has 0 saturated carbocycles. The average molecular weight is 295 g/mol. The van der Waals surface area contributed by atoms with Gasteiger partial charge >= 0.3 is 0 Å². The molecule has 2 rings (SSSR count). The Morgan fingerprint density at radius 1 is 1.30 bits per heavy atom. The first-order chi connectivity index (χ1) is 9.21. The number of amides is 1. The first kappa shape index (κ1) is 15.9. The second-order valence-corrected chi connectivity index (χ2v) is 9.58. The highest BCUT2D eigenvalue weighted by Crippen LogP contribution is 2.44. The van der Waals surface area contributed by atoms with E-state index in [9.17, 15) is 4.79 Å². The molecular weight excluding hydrogens is 266 g/mol. The molecule has 0 aromatic heterocycles. The van der Waals surface area contributed by atoms with Crippen molar-refractivity contribution in [2.45, 2.75) is 77.5 Å². The molecule has 1 heterocycles. The summed E-state index contributed by atoms with van der Waals surface area (Å²) in [5.41, 5.74) is 1.66. The van der Waals surface area contributed by atoms with Crippen molar-refractivity contribution in [3.63, 3.8) is 0 Å². The Labute approximate surface area is 128 Å². The Morgan fingerprint density at radius 3 is 2.65 bits per heavy atom. The minimum Gasteiger partial charge on any atom is -0.326 e. The third kappa shape index (κ3) is 3.60. The van der Waals surface area contributed by atoms with Crippen LogP contribution in [0.25, 0.3) is 0 Å². The van der Waals surface area contributed by atoms with E-state index in [0.29, 0.717) is 6.04 Å². The van der Waals surface area contributed by atoms with E-state index in [1.807, 2.05) is 0 Å². The third-order valence-electron chi connectivity index (χ3n) is 4.26. The normalized spacial score (nSPS) is 29.1. The summed E-state index contributed by atoms with van der Waals surface area (Å²) in [5, 5.41) is 0.263. The van der Waals surface area contributed by atoms with Crippen LogP contribution in [0.2, 0.25) is 0 Å². The molecule has 20 heavy (non-hydrogen) atoms. The minimum absolute atomic E-state index is 0.00465. The van der Waals surface area contributed by atoms with Crippen LogP contribution in [-0.2, 0) is 0 Å². The van der Waals surface area contributed by atoms with E-state index in [4.69, 9.17) is 0 Å². The van der Waals surface area contributed by atoms with Crippen molar-refractivity contribution in [1.82, 2.24) is 4.90 Å². The first-order valence-corrected chi connectivity index (χ1v) is 8.72. The van der Waals surface area contributed by atoms with E-state index >= 15 is 0 Å². The summed E-state index contributed by atoms with van der Waals surface area (Å²) in [6.07, 6.45) is 8.61. The lowest BCUT2D eigenvalue weighted by Gasteiger charge is -2.28. The van der Waals surface area contributed by atoms with Crippen molar-refractivity contribution in [2.24, 2.45) is 5.41 Å². The maximum Gasteiger partial charge on any atom is 0.282 e. The Morgan fingerprint density at radius 2 is 2.00 bits per heavy atom. The Balaban J connectivity index is 2.22. The van der Waals surface area contributed by atoms with Crippen molar-refractivity contribution in [3.05, 3.63) is 11.6 Å². The summed E-state index contributed by atoms with van der Waals surface area (Å²) in [7, 11) is 0. The molecule has 1 fully saturated rings. The van der Waals surface area contributed by atoms with Crippen LogP contribution in [0, 0.1) is 5.41 Å². The summed E-state index contributed by atoms with van der Waals surface area (Å²) >= 11 is 1.48. The zero-order chi connectivity index (χ0) is 15.0. The number of thioether (sulfide) groups is 1. The van der Waals surface area contributed by atoms with E-state index in [1.54, 1.807) is 0 Å². The highest BCUT2D eigenvalue weighted by molar-refractivity contribution is 8.14. The number of hydrogen-bond donors (Lipinski definition) is 0. The average Bonchev–Trinajstić information content (AvgIpc) is 2.46. The molecule has 1 aliphatic heterocycles. The van der Waals surface area contributed by atoms with Crippen molar-refractivity contribution >= 4 is 17.0 Å². The maximum atomic E-state index is 12.7. The van der Waals surface area contributed by atoms with Gasteiger partial charge in [-0.2, -0.15) is 0 Å². The number of rotatable bonds is 0. The van der Waals surface area contributed by atoms with Gasteiger partial charge in [-0.25, -0.2) is 0 Å². The van der Waals surface area contributed by atoms with Crippen LogP contribution in [0.4, 0.5) is 4.79 Å². The Bertz CT molecular complexity index is 406. The Kier molecular flexibility index (Phi) is 4.58. The number of fused-ring (bicyclic) bond motifs is 1. The fourth-order valence-corrected chi connectivity index (χ4v) is 4.23. The molecule has 114 valence electrons. The van der Waals surface area contributed by atoms with Gasteiger partial charge in [-0.15, -0.1) is 0 Å². The number of carbonyl (C=O) groups is 1. The van der Waals surface area contributed by atoms with Crippen LogP contribution in [0.5, 0.6) is 0 Å². The molecule has 1 saturated heterocycles. The Hall–Kier alpha value is -0.440. The third-order valence-corrected chi connectivity index (χ3v) is 5.28. The SMILES string of the molecule is CC(C)(C)SC(=O)N1CC(C)(C)/C2=C\CCCCCC21. The summed E-state index contributed by atoms with van der Waals surface area (Å²) in [4.78, 5) is 14.8. The van der Waals surface area contributed by atoms with Crippen LogP contribution in [0.3, 0.4) is 0 Å². The lowest BCUT2D eigenvalue weighted by atomic mass is 9.81. The van der Waals surface area contributed by atoms with Gasteiger partial charge in [0.25, 0.3) is 5.24 Å². The van der Waals surface area contributed by atoms with Gasteiger partial charge in [0.1, 0.15) is 0 Å². The molecular formula is C17H29NOS. The van der Waals surface area contributed by atoms with Crippen LogP contribution in [0.1, 0.15) is 66.7 Å². The lowest BCUT2D eigenvalue weighted by molar-refractivity contribution is 0.212. The van der Waals surface area contributed by atoms with Gasteiger partial charge in [-0.3, -0.25) is 4.79 Å². The second-order valence-electron chi connectivity index (χ2n) is 7.81. The smallest absolute Gasteiger partial charge is 0.282 e. The molecule has 2 aliphatic rings. The van der Waals surface area contributed by atoms with Gasteiger partial charge in [0.15, 0.2) is 0 Å². The molecule has 2 nitrogen and oxygen atoms in total. The number of allylic oxidation sites excluding steroid dienone is 1. The zero-order valence-corrected chi connectivity index (χ0v) is 14.5. The molecule has 0 radical (unpaired) electrons. The second kappa shape index (κ2) is 5.75. The minimum atomic E-state index is -0.00465. The summed E-state index contributed by atoms with van der Waals surface area (Å²) in [5.74, 6) is 0. The van der Waals surface area contributed by atoms with E-state index in [0.717, 1.165) is 13.0 Å². The highest BCUT2D eigenvalue weighted by atomic mass is 32.2. The molecule has 1 amide bonds. The molecule has 1 unspecified atom stereocenters. The predicted molar refractivity (Wildman–Crippen MR) is 88.2 cm³/mol. The van der Waals surface area contributed by atoms with Crippen LogP contribution < -0.4 is 0 Å². The van der Waals surface area contributed by atoms with E-state index in [1.165, 1.54) is 43.0 Å². The van der Waals surface area contributed by atoms with Crippen LogP contribution >= 0.6 is 11.8 Å². The largest absolute Gasteiger partial charge is 0.326 e. The van der Waals surface area contributed by atoms with Gasteiger partial charge in [0.2, 0.25) is 0 Å². The fraction of sp³-hybridized carbons (Fsp3) is 0.824. The van der Waals surface area contributed by atoms with Gasteiger partial charge in [-0.05, 0) is 24.8 Å². The van der Waals surface area contributed by atoms with E-state index < -0.39 is 0 Å². The first-order valence-electron chi connectivity index (χ1n) is 7.91. The van der Waals surface area contributed by atoms with Gasteiger partial charge < -0.3 is 4.90 Å². The van der Waals surface area contributed by atoms with Crippen molar-refractivity contribution in [3.8, 4) is 0 Å². The molecule has 1 aliphatic carbocycles. The van der Waals surface area contributed by atoms with Crippen LogP contribution in [0.15, 0.2) is 11.6 Å². The summed E-state index contributed by atoms with van der Waals surface area (Å²) < 4.78 is -0.00465. The van der Waals surface area contributed by atoms with Gasteiger partial charge in [0.05, 0.1) is 6.04 Å². The molecule has 0 aromatic carbocycles. The number of nitrogens with zero attached hydrogens (tertiary/aromatic N) is 1. The van der Waals surface area contributed by atoms with Crippen molar-refractivity contribution in [2.75, 3.05) is 6.54 Å². The summed E-state index contributed by atoms with van der Waals surface area (Å²) in [6, 6.07) is 0.354. The number of hydrogen-bond acceptors (Lipinski definition) is 2. The van der Waals surface area contributed by atoms with E-state index in [-0.39, 0.29) is 15.4 Å². The van der Waals surface area contributed by atoms with E-state index in [2.05, 4.69) is 45.6 Å². The molecule has 1 atom stereocenters. The quantitative estimate of drug-likeness (QED) is 0.570. The van der Waals surface area contributed by atoms with Crippen molar-refractivity contribution in [1.29, 1.82) is 0 Å². The molecule has 0 aromatic rings. The summed E-state index contributed by atoms with van der Waals surface area (Å²) in [6.45, 7) is 11.8. The van der Waals surface area contributed by atoms with Crippen LogP contribution in [-0.4, -0.2) is 27.5 Å². The fourth-order valence-electron chi connectivity index (χ4n) is 3.40. The zero-order valence-electron chi connectivity index (χ0n) is 13.7.